The number of hydrogen-bond acceptors (Lipinski definition) is 2. The van der Waals surface area contributed by atoms with Gasteiger partial charge in [-0.05, 0) is 13.0 Å². The molecule has 0 aromatic carbocycles. The fourth-order valence-electron chi connectivity index (χ4n) is 1.38. The zero-order valence-corrected chi connectivity index (χ0v) is 9.08. The molecule has 0 atom stereocenters. The molecule has 0 aliphatic carbocycles. The SMILES string of the molecule is Cc1cccc(=O)n1CCNC(C)C. The number of hydrogen-bond donors (Lipinski definition) is 1. The summed E-state index contributed by atoms with van der Waals surface area (Å²) in [6, 6.07) is 5.82. The minimum Gasteiger partial charge on any atom is -0.313 e. The molecule has 0 spiro atoms. The predicted octanol–water partition coefficient (Wildman–Crippen LogP) is 1.15. The third-order valence-corrected chi connectivity index (χ3v) is 2.16. The molecule has 1 N–H and O–H groups in total. The monoisotopic (exact) mass is 194 g/mol. The van der Waals surface area contributed by atoms with Crippen LogP contribution in [-0.4, -0.2) is 17.2 Å². The van der Waals surface area contributed by atoms with E-state index in [4.69, 9.17) is 0 Å². The fraction of sp³-hybridized carbons (Fsp3) is 0.545. The topological polar surface area (TPSA) is 34.0 Å². The second-order valence-corrected chi connectivity index (χ2v) is 3.77. The molecule has 3 heteroatoms. The zero-order chi connectivity index (χ0) is 10.6. The van der Waals surface area contributed by atoms with Crippen molar-refractivity contribution in [1.29, 1.82) is 0 Å². The van der Waals surface area contributed by atoms with Crippen molar-refractivity contribution in [3.63, 3.8) is 0 Å². The van der Waals surface area contributed by atoms with Gasteiger partial charge in [0.25, 0.3) is 5.56 Å². The Morgan fingerprint density at radius 2 is 2.14 bits per heavy atom. The van der Waals surface area contributed by atoms with Crippen LogP contribution in [0.5, 0.6) is 0 Å². The number of nitrogens with zero attached hydrogens (tertiary/aromatic N) is 1. The molecule has 1 aromatic heterocycles. The summed E-state index contributed by atoms with van der Waals surface area (Å²) in [5.74, 6) is 0. The fourth-order valence-corrected chi connectivity index (χ4v) is 1.38. The van der Waals surface area contributed by atoms with Crippen LogP contribution in [0.25, 0.3) is 0 Å². The summed E-state index contributed by atoms with van der Waals surface area (Å²) in [7, 11) is 0. The van der Waals surface area contributed by atoms with Crippen LogP contribution in [0.15, 0.2) is 23.0 Å². The van der Waals surface area contributed by atoms with Gasteiger partial charge in [-0.3, -0.25) is 4.79 Å². The van der Waals surface area contributed by atoms with Crippen LogP contribution in [0, 0.1) is 6.92 Å². The Hall–Kier alpha value is -1.09. The Morgan fingerprint density at radius 3 is 2.71 bits per heavy atom. The van der Waals surface area contributed by atoms with E-state index in [1.807, 2.05) is 13.0 Å². The van der Waals surface area contributed by atoms with Crippen LogP contribution in [0.1, 0.15) is 19.5 Å². The maximum atomic E-state index is 11.5. The van der Waals surface area contributed by atoms with Gasteiger partial charge in [0.05, 0.1) is 0 Å². The minimum atomic E-state index is 0.0792. The summed E-state index contributed by atoms with van der Waals surface area (Å²) in [5.41, 5.74) is 1.10. The normalized spacial score (nSPS) is 10.9. The first kappa shape index (κ1) is 11.0. The van der Waals surface area contributed by atoms with Crippen LogP contribution >= 0.6 is 0 Å². The molecule has 0 aliphatic rings. The second-order valence-electron chi connectivity index (χ2n) is 3.77. The number of rotatable bonds is 4. The molecule has 3 nitrogen and oxygen atoms in total. The number of pyridine rings is 1. The van der Waals surface area contributed by atoms with Crippen molar-refractivity contribution in [1.82, 2.24) is 9.88 Å². The van der Waals surface area contributed by atoms with Crippen molar-refractivity contribution in [3.05, 3.63) is 34.2 Å². The lowest BCUT2D eigenvalue weighted by Crippen LogP contribution is -2.31. The Kier molecular flexibility index (Phi) is 3.89. The van der Waals surface area contributed by atoms with Gasteiger partial charge in [-0.1, -0.05) is 19.9 Å². The van der Waals surface area contributed by atoms with E-state index in [0.717, 1.165) is 18.8 Å². The van der Waals surface area contributed by atoms with Crippen molar-refractivity contribution < 1.29 is 0 Å². The van der Waals surface area contributed by atoms with Crippen molar-refractivity contribution in [3.8, 4) is 0 Å². The third-order valence-electron chi connectivity index (χ3n) is 2.16. The van der Waals surface area contributed by atoms with E-state index < -0.39 is 0 Å². The largest absolute Gasteiger partial charge is 0.313 e. The Bertz CT molecular complexity index is 341. The van der Waals surface area contributed by atoms with Gasteiger partial charge in [0, 0.05) is 30.9 Å². The lowest BCUT2D eigenvalue weighted by Gasteiger charge is -2.11. The summed E-state index contributed by atoms with van der Waals surface area (Å²) in [4.78, 5) is 11.5. The molecular weight excluding hydrogens is 176 g/mol. The van der Waals surface area contributed by atoms with E-state index in [9.17, 15) is 4.79 Å². The summed E-state index contributed by atoms with van der Waals surface area (Å²) in [6.45, 7) is 7.73. The van der Waals surface area contributed by atoms with E-state index in [2.05, 4.69) is 19.2 Å². The third kappa shape index (κ3) is 3.00. The quantitative estimate of drug-likeness (QED) is 0.780. The minimum absolute atomic E-state index is 0.0792. The van der Waals surface area contributed by atoms with Crippen LogP contribution in [-0.2, 0) is 6.54 Å². The lowest BCUT2D eigenvalue weighted by molar-refractivity contribution is 0.528. The molecule has 0 saturated carbocycles. The smallest absolute Gasteiger partial charge is 0.250 e. The van der Waals surface area contributed by atoms with Crippen molar-refractivity contribution >= 4 is 0 Å². The maximum absolute atomic E-state index is 11.5. The predicted molar refractivity (Wildman–Crippen MR) is 58.6 cm³/mol. The molecule has 1 heterocycles. The van der Waals surface area contributed by atoms with E-state index in [-0.39, 0.29) is 5.56 Å². The van der Waals surface area contributed by atoms with Gasteiger partial charge in [0.15, 0.2) is 0 Å². The van der Waals surface area contributed by atoms with Gasteiger partial charge in [-0.25, -0.2) is 0 Å². The van der Waals surface area contributed by atoms with Gasteiger partial charge < -0.3 is 9.88 Å². The van der Waals surface area contributed by atoms with Gasteiger partial charge in [0.2, 0.25) is 0 Å². The molecule has 0 aliphatic heterocycles. The van der Waals surface area contributed by atoms with E-state index in [1.165, 1.54) is 0 Å². The van der Waals surface area contributed by atoms with E-state index in [1.54, 1.807) is 16.7 Å². The Balaban J connectivity index is 2.63. The number of aryl methyl sites for hydroxylation is 1. The summed E-state index contributed by atoms with van der Waals surface area (Å²) >= 11 is 0. The molecule has 0 bridgehead atoms. The number of aromatic nitrogens is 1. The van der Waals surface area contributed by atoms with E-state index >= 15 is 0 Å². The molecule has 14 heavy (non-hydrogen) atoms. The Labute approximate surface area is 84.8 Å². The number of nitrogens with one attached hydrogen (secondary N) is 1. The molecular formula is C11H18N2O. The summed E-state index contributed by atoms with van der Waals surface area (Å²) in [5, 5.41) is 3.29. The van der Waals surface area contributed by atoms with Crippen LogP contribution in [0.2, 0.25) is 0 Å². The highest BCUT2D eigenvalue weighted by molar-refractivity contribution is 5.04. The average molecular weight is 194 g/mol. The summed E-state index contributed by atoms with van der Waals surface area (Å²) < 4.78 is 1.79. The van der Waals surface area contributed by atoms with Gasteiger partial charge in [0.1, 0.15) is 0 Å². The maximum Gasteiger partial charge on any atom is 0.250 e. The molecule has 0 fully saturated rings. The average Bonchev–Trinajstić information content (AvgIpc) is 2.09. The van der Waals surface area contributed by atoms with Crippen molar-refractivity contribution in [2.75, 3.05) is 6.54 Å². The van der Waals surface area contributed by atoms with Gasteiger partial charge in [-0.2, -0.15) is 0 Å². The first-order valence-electron chi connectivity index (χ1n) is 5.01. The van der Waals surface area contributed by atoms with E-state index in [0.29, 0.717) is 6.04 Å². The first-order valence-corrected chi connectivity index (χ1v) is 5.01. The molecule has 78 valence electrons. The highest BCUT2D eigenvalue weighted by atomic mass is 16.1. The van der Waals surface area contributed by atoms with Crippen LogP contribution in [0.4, 0.5) is 0 Å². The molecule has 0 amide bonds. The highest BCUT2D eigenvalue weighted by Gasteiger charge is 1.98. The zero-order valence-electron chi connectivity index (χ0n) is 9.08. The first-order chi connectivity index (χ1) is 6.61. The molecule has 0 radical (unpaired) electrons. The molecule has 1 aromatic rings. The van der Waals surface area contributed by atoms with Gasteiger partial charge in [-0.15, -0.1) is 0 Å². The van der Waals surface area contributed by atoms with Crippen LogP contribution in [0.3, 0.4) is 0 Å². The molecule has 1 rings (SSSR count). The lowest BCUT2D eigenvalue weighted by atomic mass is 10.3. The molecule has 0 unspecified atom stereocenters. The van der Waals surface area contributed by atoms with Gasteiger partial charge >= 0.3 is 0 Å². The summed E-state index contributed by atoms with van der Waals surface area (Å²) in [6.07, 6.45) is 0. The van der Waals surface area contributed by atoms with Crippen LogP contribution < -0.4 is 10.9 Å². The van der Waals surface area contributed by atoms with Crippen molar-refractivity contribution in [2.45, 2.75) is 33.4 Å². The molecule has 0 saturated heterocycles. The van der Waals surface area contributed by atoms with Crippen molar-refractivity contribution in [2.24, 2.45) is 0 Å². The Morgan fingerprint density at radius 1 is 1.43 bits per heavy atom. The highest BCUT2D eigenvalue weighted by Crippen LogP contribution is 1.92. The standard InChI is InChI=1S/C11H18N2O/c1-9(2)12-7-8-13-10(3)5-4-6-11(13)14/h4-6,9,12H,7-8H2,1-3H3. The second kappa shape index (κ2) is 4.96.